The molecule has 1 heterocycles. The lowest BCUT2D eigenvalue weighted by atomic mass is 9.84. The number of hydrogen-bond acceptors (Lipinski definition) is 3. The molecule has 0 radical (unpaired) electrons. The van der Waals surface area contributed by atoms with E-state index in [0.717, 1.165) is 19.3 Å². The molecule has 1 aromatic rings. The highest BCUT2D eigenvalue weighted by molar-refractivity contribution is 5.87. The van der Waals surface area contributed by atoms with Gasteiger partial charge in [-0.25, -0.2) is 0 Å². The normalized spacial score (nSPS) is 29.6. The standard InChI is InChI=1S/C17H20N2O/c18-11-15-14(10-12-6-8-19-9-7-12)16(15)17(20)13-4-2-1-3-5-13/h6-9,13-16H,1-5,10H2. The zero-order chi connectivity index (χ0) is 13.9. The van der Waals surface area contributed by atoms with Crippen LogP contribution < -0.4 is 0 Å². The van der Waals surface area contributed by atoms with Crippen molar-refractivity contribution < 1.29 is 4.79 Å². The highest BCUT2D eigenvalue weighted by Crippen LogP contribution is 2.50. The maximum atomic E-state index is 12.6. The van der Waals surface area contributed by atoms with Crippen LogP contribution in [0.4, 0.5) is 0 Å². The predicted molar refractivity (Wildman–Crippen MR) is 75.6 cm³/mol. The van der Waals surface area contributed by atoms with E-state index in [0.29, 0.717) is 5.78 Å². The quantitative estimate of drug-likeness (QED) is 0.842. The minimum Gasteiger partial charge on any atom is -0.299 e. The number of ketones is 1. The van der Waals surface area contributed by atoms with Crippen LogP contribution in [-0.2, 0) is 11.2 Å². The zero-order valence-electron chi connectivity index (χ0n) is 11.7. The fourth-order valence-corrected chi connectivity index (χ4v) is 3.64. The monoisotopic (exact) mass is 268 g/mol. The largest absolute Gasteiger partial charge is 0.299 e. The van der Waals surface area contributed by atoms with E-state index in [9.17, 15) is 10.1 Å². The lowest BCUT2D eigenvalue weighted by Gasteiger charge is -2.20. The fraction of sp³-hybridized carbons (Fsp3) is 0.588. The van der Waals surface area contributed by atoms with Crippen LogP contribution in [0.1, 0.15) is 37.7 Å². The van der Waals surface area contributed by atoms with Crippen LogP contribution in [0.2, 0.25) is 0 Å². The lowest BCUT2D eigenvalue weighted by molar-refractivity contribution is -0.125. The molecule has 3 rings (SSSR count). The summed E-state index contributed by atoms with van der Waals surface area (Å²) in [5, 5.41) is 9.26. The Morgan fingerprint density at radius 1 is 1.25 bits per heavy atom. The zero-order valence-corrected chi connectivity index (χ0v) is 11.7. The Labute approximate surface area is 120 Å². The molecule has 0 amide bonds. The van der Waals surface area contributed by atoms with E-state index in [1.165, 1.54) is 24.8 Å². The SMILES string of the molecule is N#CC1C(Cc2ccncc2)C1C(=O)C1CCCCC1. The number of Topliss-reactive ketones (excluding diaryl/α,β-unsaturated/α-hetero) is 1. The van der Waals surface area contributed by atoms with Crippen LogP contribution in [0.5, 0.6) is 0 Å². The maximum Gasteiger partial charge on any atom is 0.140 e. The van der Waals surface area contributed by atoms with Gasteiger partial charge in [0.25, 0.3) is 0 Å². The Balaban J connectivity index is 1.64. The van der Waals surface area contributed by atoms with Gasteiger partial charge in [-0.2, -0.15) is 5.26 Å². The number of carbonyl (C=O) groups is 1. The van der Waals surface area contributed by atoms with E-state index in [-0.39, 0.29) is 23.7 Å². The second-order valence-corrected chi connectivity index (χ2v) is 6.14. The summed E-state index contributed by atoms with van der Waals surface area (Å²) in [4.78, 5) is 16.6. The van der Waals surface area contributed by atoms with E-state index < -0.39 is 0 Å². The molecule has 0 saturated heterocycles. The third-order valence-corrected chi connectivity index (χ3v) is 4.87. The molecular weight excluding hydrogens is 248 g/mol. The molecule has 20 heavy (non-hydrogen) atoms. The van der Waals surface area contributed by atoms with Crippen molar-refractivity contribution in [2.75, 3.05) is 0 Å². The molecule has 3 atom stereocenters. The minimum absolute atomic E-state index is 0.00346. The van der Waals surface area contributed by atoms with Gasteiger partial charge in [0, 0.05) is 24.2 Å². The Morgan fingerprint density at radius 2 is 1.95 bits per heavy atom. The van der Waals surface area contributed by atoms with Crippen molar-refractivity contribution >= 4 is 5.78 Å². The second-order valence-electron chi connectivity index (χ2n) is 6.14. The average molecular weight is 268 g/mol. The molecule has 104 valence electrons. The van der Waals surface area contributed by atoms with Crippen LogP contribution in [-0.4, -0.2) is 10.8 Å². The van der Waals surface area contributed by atoms with Crippen LogP contribution >= 0.6 is 0 Å². The topological polar surface area (TPSA) is 53.8 Å². The number of aromatic nitrogens is 1. The van der Waals surface area contributed by atoms with Gasteiger partial charge in [-0.15, -0.1) is 0 Å². The molecule has 0 bridgehead atoms. The van der Waals surface area contributed by atoms with Gasteiger partial charge in [0.2, 0.25) is 0 Å². The highest BCUT2D eigenvalue weighted by atomic mass is 16.1. The fourth-order valence-electron chi connectivity index (χ4n) is 3.64. The van der Waals surface area contributed by atoms with E-state index >= 15 is 0 Å². The van der Waals surface area contributed by atoms with Crippen molar-refractivity contribution in [2.45, 2.75) is 38.5 Å². The van der Waals surface area contributed by atoms with Gasteiger partial charge in [0.05, 0.1) is 12.0 Å². The van der Waals surface area contributed by atoms with Crippen molar-refractivity contribution in [3.8, 4) is 6.07 Å². The molecule has 2 fully saturated rings. The number of nitriles is 1. The number of hydrogen-bond donors (Lipinski definition) is 0. The molecule has 0 aromatic carbocycles. The first-order valence-electron chi connectivity index (χ1n) is 7.63. The predicted octanol–water partition coefficient (Wildman–Crippen LogP) is 3.16. The van der Waals surface area contributed by atoms with E-state index in [2.05, 4.69) is 11.1 Å². The Bertz CT molecular complexity index is 514. The number of carbonyl (C=O) groups excluding carboxylic acids is 1. The first-order chi connectivity index (χ1) is 9.81. The maximum absolute atomic E-state index is 12.6. The van der Waals surface area contributed by atoms with Gasteiger partial charge < -0.3 is 0 Å². The summed E-state index contributed by atoms with van der Waals surface area (Å²) in [5.41, 5.74) is 1.18. The molecule has 1 aromatic heterocycles. The molecule has 3 heteroatoms. The van der Waals surface area contributed by atoms with Crippen molar-refractivity contribution in [2.24, 2.45) is 23.7 Å². The summed E-state index contributed by atoms with van der Waals surface area (Å²) < 4.78 is 0. The molecule has 0 N–H and O–H groups in total. The summed E-state index contributed by atoms with van der Waals surface area (Å²) in [5.74, 6) is 0.771. The van der Waals surface area contributed by atoms with Crippen LogP contribution in [0.3, 0.4) is 0 Å². The lowest BCUT2D eigenvalue weighted by Crippen LogP contribution is -2.20. The van der Waals surface area contributed by atoms with E-state index in [4.69, 9.17) is 0 Å². The summed E-state index contributed by atoms with van der Waals surface area (Å²) in [7, 11) is 0. The third kappa shape index (κ3) is 2.60. The molecular formula is C17H20N2O. The highest BCUT2D eigenvalue weighted by Gasteiger charge is 2.55. The van der Waals surface area contributed by atoms with Gasteiger partial charge >= 0.3 is 0 Å². The van der Waals surface area contributed by atoms with Crippen LogP contribution in [0, 0.1) is 35.0 Å². The van der Waals surface area contributed by atoms with Gasteiger partial charge in [-0.05, 0) is 42.9 Å². The smallest absolute Gasteiger partial charge is 0.140 e. The molecule has 3 unspecified atom stereocenters. The first-order valence-corrected chi connectivity index (χ1v) is 7.63. The third-order valence-electron chi connectivity index (χ3n) is 4.87. The number of rotatable bonds is 4. The average Bonchev–Trinajstić information content (AvgIpc) is 3.21. The molecule has 3 nitrogen and oxygen atoms in total. The minimum atomic E-state index is -0.0578. The van der Waals surface area contributed by atoms with E-state index in [1.54, 1.807) is 12.4 Å². The van der Waals surface area contributed by atoms with Crippen molar-refractivity contribution in [1.29, 1.82) is 5.26 Å². The summed E-state index contributed by atoms with van der Waals surface area (Å²) >= 11 is 0. The summed E-state index contributed by atoms with van der Waals surface area (Å²) in [6.45, 7) is 0. The van der Waals surface area contributed by atoms with Crippen molar-refractivity contribution in [3.05, 3.63) is 30.1 Å². The van der Waals surface area contributed by atoms with Crippen LogP contribution in [0.25, 0.3) is 0 Å². The van der Waals surface area contributed by atoms with Crippen molar-refractivity contribution in [1.82, 2.24) is 4.98 Å². The second kappa shape index (κ2) is 5.75. The summed E-state index contributed by atoms with van der Waals surface area (Å²) in [6.07, 6.45) is 10.1. The van der Waals surface area contributed by atoms with Gasteiger partial charge in [-0.3, -0.25) is 9.78 Å². The summed E-state index contributed by atoms with van der Waals surface area (Å²) in [6, 6.07) is 6.30. The van der Waals surface area contributed by atoms with Crippen molar-refractivity contribution in [3.63, 3.8) is 0 Å². The van der Waals surface area contributed by atoms with Crippen LogP contribution in [0.15, 0.2) is 24.5 Å². The van der Waals surface area contributed by atoms with Gasteiger partial charge in [0.1, 0.15) is 5.78 Å². The molecule has 0 spiro atoms. The Morgan fingerprint density at radius 3 is 2.60 bits per heavy atom. The molecule has 0 aliphatic heterocycles. The molecule has 2 aliphatic rings. The van der Waals surface area contributed by atoms with Gasteiger partial charge in [-0.1, -0.05) is 19.3 Å². The number of nitrogens with zero attached hydrogens (tertiary/aromatic N) is 2. The number of pyridine rings is 1. The van der Waals surface area contributed by atoms with E-state index in [1.807, 2.05) is 12.1 Å². The first kappa shape index (κ1) is 13.3. The van der Waals surface area contributed by atoms with Gasteiger partial charge in [0.15, 0.2) is 0 Å². The Kier molecular flexibility index (Phi) is 3.82. The molecule has 2 saturated carbocycles. The molecule has 2 aliphatic carbocycles. The Hall–Kier alpha value is -1.69.